The lowest BCUT2D eigenvalue weighted by Gasteiger charge is -2.56. The van der Waals surface area contributed by atoms with Crippen LogP contribution in [0.1, 0.15) is 59.3 Å². The van der Waals surface area contributed by atoms with Crippen molar-refractivity contribution in [2.75, 3.05) is 0 Å². The van der Waals surface area contributed by atoms with Crippen molar-refractivity contribution in [2.45, 2.75) is 71.5 Å². The van der Waals surface area contributed by atoms with Crippen LogP contribution in [0.4, 0.5) is 0 Å². The summed E-state index contributed by atoms with van der Waals surface area (Å²) in [5.41, 5.74) is 1.62. The number of hydrogen-bond donors (Lipinski definition) is 0. The molecule has 0 aromatic carbocycles. The summed E-state index contributed by atoms with van der Waals surface area (Å²) < 4.78 is 6.17. The number of Topliss-reactive ketones (excluding diaryl/α,β-unsaturated/α-hetero) is 1. The molecule has 0 aromatic heterocycles. The molecule has 5 rings (SSSR count). The number of epoxide rings is 1. The van der Waals surface area contributed by atoms with Gasteiger partial charge in [-0.15, -0.1) is 0 Å². The predicted molar refractivity (Wildman–Crippen MR) is 90.3 cm³/mol. The third kappa shape index (κ3) is 1.72. The molecule has 0 radical (unpaired) electrons. The van der Waals surface area contributed by atoms with Gasteiger partial charge in [-0.3, -0.25) is 9.59 Å². The number of hydrogen-bond acceptors (Lipinski definition) is 3. The minimum absolute atomic E-state index is 0.145. The molecule has 5 aliphatic rings. The fourth-order valence-electron chi connectivity index (χ4n) is 7.48. The van der Waals surface area contributed by atoms with Crippen molar-refractivity contribution < 1.29 is 14.3 Å². The molecule has 0 unspecified atom stereocenters. The summed E-state index contributed by atoms with van der Waals surface area (Å²) in [4.78, 5) is 24.2. The molecule has 1 aliphatic heterocycles. The van der Waals surface area contributed by atoms with E-state index in [9.17, 15) is 9.59 Å². The van der Waals surface area contributed by atoms with Crippen LogP contribution in [-0.4, -0.2) is 23.8 Å². The first-order valence-electron chi connectivity index (χ1n) is 9.77. The van der Waals surface area contributed by atoms with Crippen LogP contribution in [0.5, 0.6) is 0 Å². The fourth-order valence-corrected chi connectivity index (χ4v) is 7.48. The number of carbonyl (C=O) groups is 2. The quantitative estimate of drug-likeness (QED) is 0.689. The van der Waals surface area contributed by atoms with Gasteiger partial charge in [-0.25, -0.2) is 0 Å². The zero-order valence-electron chi connectivity index (χ0n) is 15.0. The second kappa shape index (κ2) is 4.60. The van der Waals surface area contributed by atoms with E-state index in [4.69, 9.17) is 4.74 Å². The average molecular weight is 328 g/mol. The summed E-state index contributed by atoms with van der Waals surface area (Å²) in [5, 5.41) is 0. The zero-order valence-corrected chi connectivity index (χ0v) is 15.0. The standard InChI is InChI=1S/C21H28O3/c1-11(22)13-4-5-14-17-15(7-9-20(13,14)2)21(3)8-6-12(23)10-16(21)18-19(17)24-18/h10,13-15,17-19H,4-9H2,1-3H3/t13-,14+,15+,17+,18-,19+,20-,21-/m1/s1. The zero-order chi connectivity index (χ0) is 16.9. The van der Waals surface area contributed by atoms with E-state index in [1.54, 1.807) is 6.92 Å². The second-order valence-electron chi connectivity index (χ2n) is 9.58. The molecule has 3 saturated carbocycles. The molecule has 24 heavy (non-hydrogen) atoms. The predicted octanol–water partition coefficient (Wildman–Crippen LogP) is 3.71. The van der Waals surface area contributed by atoms with Gasteiger partial charge < -0.3 is 4.74 Å². The molecule has 0 aromatic rings. The maximum absolute atomic E-state index is 12.2. The van der Waals surface area contributed by atoms with Crippen LogP contribution in [0.2, 0.25) is 0 Å². The highest BCUT2D eigenvalue weighted by atomic mass is 16.6. The van der Waals surface area contributed by atoms with E-state index in [1.165, 1.54) is 18.4 Å². The van der Waals surface area contributed by atoms with E-state index in [1.807, 2.05) is 6.08 Å². The number of ketones is 2. The van der Waals surface area contributed by atoms with Crippen molar-refractivity contribution in [3.63, 3.8) is 0 Å². The van der Waals surface area contributed by atoms with Gasteiger partial charge in [-0.05, 0) is 79.3 Å². The topological polar surface area (TPSA) is 46.7 Å². The molecular formula is C21H28O3. The molecule has 3 nitrogen and oxygen atoms in total. The largest absolute Gasteiger partial charge is 0.365 e. The Morgan fingerprint density at radius 2 is 1.96 bits per heavy atom. The van der Waals surface area contributed by atoms with E-state index >= 15 is 0 Å². The second-order valence-corrected chi connectivity index (χ2v) is 9.58. The van der Waals surface area contributed by atoms with E-state index < -0.39 is 0 Å². The Morgan fingerprint density at radius 3 is 2.71 bits per heavy atom. The molecule has 8 atom stereocenters. The molecule has 1 heterocycles. The van der Waals surface area contributed by atoms with Gasteiger partial charge in [-0.2, -0.15) is 0 Å². The Kier molecular flexibility index (Phi) is 2.94. The highest BCUT2D eigenvalue weighted by molar-refractivity contribution is 5.92. The summed E-state index contributed by atoms with van der Waals surface area (Å²) in [6.45, 7) is 6.56. The maximum atomic E-state index is 12.2. The molecule has 3 heteroatoms. The highest BCUT2D eigenvalue weighted by Crippen LogP contribution is 2.70. The van der Waals surface area contributed by atoms with Crippen molar-refractivity contribution in [2.24, 2.45) is 34.5 Å². The SMILES string of the molecule is CC(=O)[C@H]1CC[C@H]2[C@@H]3[C@@H]4O[C@@H]4C4=CC(=O)CC[C@]4(C)[C@H]3CC[C@]12C. The first-order valence-corrected chi connectivity index (χ1v) is 9.77. The third-order valence-corrected chi connectivity index (χ3v) is 8.72. The van der Waals surface area contributed by atoms with Crippen molar-refractivity contribution in [1.82, 2.24) is 0 Å². The molecular weight excluding hydrogens is 300 g/mol. The van der Waals surface area contributed by atoms with E-state index in [0.29, 0.717) is 36.1 Å². The lowest BCUT2D eigenvalue weighted by atomic mass is 9.46. The van der Waals surface area contributed by atoms with Gasteiger partial charge in [0.2, 0.25) is 0 Å². The molecule has 0 spiro atoms. The fraction of sp³-hybridized carbons (Fsp3) is 0.810. The molecule has 0 amide bonds. The van der Waals surface area contributed by atoms with Crippen molar-refractivity contribution in [1.29, 1.82) is 0 Å². The summed E-state index contributed by atoms with van der Waals surface area (Å²) in [7, 11) is 0. The van der Waals surface area contributed by atoms with Crippen LogP contribution in [0.25, 0.3) is 0 Å². The maximum Gasteiger partial charge on any atom is 0.155 e. The molecule has 4 fully saturated rings. The van der Waals surface area contributed by atoms with Crippen molar-refractivity contribution >= 4 is 11.6 Å². The van der Waals surface area contributed by atoms with Crippen molar-refractivity contribution in [3.8, 4) is 0 Å². The smallest absolute Gasteiger partial charge is 0.155 e. The highest BCUT2D eigenvalue weighted by Gasteiger charge is 2.69. The molecule has 0 bridgehead atoms. The Morgan fingerprint density at radius 1 is 1.17 bits per heavy atom. The van der Waals surface area contributed by atoms with E-state index in [-0.39, 0.29) is 28.6 Å². The number of rotatable bonds is 1. The van der Waals surface area contributed by atoms with Crippen LogP contribution >= 0.6 is 0 Å². The number of ether oxygens (including phenoxy) is 1. The van der Waals surface area contributed by atoms with E-state index in [0.717, 1.165) is 19.3 Å². The van der Waals surface area contributed by atoms with Gasteiger partial charge in [0, 0.05) is 12.3 Å². The average Bonchev–Trinajstić information content (AvgIpc) is 3.23. The minimum Gasteiger partial charge on any atom is -0.365 e. The van der Waals surface area contributed by atoms with Gasteiger partial charge in [-0.1, -0.05) is 13.8 Å². The molecule has 130 valence electrons. The van der Waals surface area contributed by atoms with Crippen LogP contribution in [-0.2, 0) is 14.3 Å². The van der Waals surface area contributed by atoms with Gasteiger partial charge >= 0.3 is 0 Å². The number of fused-ring (bicyclic) bond motifs is 8. The third-order valence-electron chi connectivity index (χ3n) is 8.72. The Hall–Kier alpha value is -0.960. The minimum atomic E-state index is 0.145. The van der Waals surface area contributed by atoms with Gasteiger partial charge in [0.25, 0.3) is 0 Å². The first kappa shape index (κ1) is 15.3. The van der Waals surface area contributed by atoms with E-state index in [2.05, 4.69) is 13.8 Å². The van der Waals surface area contributed by atoms with Gasteiger partial charge in [0.05, 0.1) is 6.10 Å². The van der Waals surface area contributed by atoms with Crippen LogP contribution in [0.15, 0.2) is 11.6 Å². The summed E-state index contributed by atoms with van der Waals surface area (Å²) in [6.07, 6.45) is 8.72. The van der Waals surface area contributed by atoms with Gasteiger partial charge in [0.1, 0.15) is 11.9 Å². The summed E-state index contributed by atoms with van der Waals surface area (Å²) in [6, 6.07) is 0. The summed E-state index contributed by atoms with van der Waals surface area (Å²) >= 11 is 0. The lowest BCUT2D eigenvalue weighted by Crippen LogP contribution is -2.53. The Bertz CT molecular complexity index is 664. The first-order chi connectivity index (χ1) is 11.4. The normalized spacial score (nSPS) is 55.0. The van der Waals surface area contributed by atoms with Gasteiger partial charge in [0.15, 0.2) is 5.78 Å². The van der Waals surface area contributed by atoms with Crippen LogP contribution in [0.3, 0.4) is 0 Å². The molecule has 4 aliphatic carbocycles. The Balaban J connectivity index is 1.55. The summed E-state index contributed by atoms with van der Waals surface area (Å²) in [5.74, 6) is 2.76. The Labute approximate surface area is 144 Å². The molecule has 0 N–H and O–H groups in total. The van der Waals surface area contributed by atoms with Crippen LogP contribution in [0, 0.1) is 34.5 Å². The van der Waals surface area contributed by atoms with Crippen molar-refractivity contribution in [3.05, 3.63) is 11.6 Å². The molecule has 1 saturated heterocycles. The lowest BCUT2D eigenvalue weighted by molar-refractivity contribution is -0.128. The number of carbonyl (C=O) groups excluding carboxylic acids is 2. The monoisotopic (exact) mass is 328 g/mol. The van der Waals surface area contributed by atoms with Crippen LogP contribution < -0.4 is 0 Å².